The van der Waals surface area contributed by atoms with Gasteiger partial charge in [-0.3, -0.25) is 0 Å². The van der Waals surface area contributed by atoms with E-state index in [-0.39, 0.29) is 23.8 Å². The molecule has 3 aromatic rings. The van der Waals surface area contributed by atoms with Crippen LogP contribution in [0.1, 0.15) is 61.3 Å². The van der Waals surface area contributed by atoms with Crippen LogP contribution in [0.15, 0.2) is 45.4 Å². The molecule has 3 fully saturated rings. The molecule has 1 N–H and O–H groups in total. The lowest BCUT2D eigenvalue weighted by atomic mass is 9.69. The number of fused-ring (bicyclic) bond motifs is 2. The second kappa shape index (κ2) is 9.14. The van der Waals surface area contributed by atoms with Crippen molar-refractivity contribution in [3.05, 3.63) is 73.6 Å². The van der Waals surface area contributed by atoms with Gasteiger partial charge in [0.1, 0.15) is 17.3 Å². The molecule has 1 heterocycles. The molecule has 6 rings (SSSR count). The number of hydrogen-bond donors (Lipinski definition) is 1. The molecule has 0 spiro atoms. The Labute approximate surface area is 221 Å². The maximum Gasteiger partial charge on any atom is 0.145 e. The second-order valence-corrected chi connectivity index (χ2v) is 11.8. The predicted octanol–water partition coefficient (Wildman–Crippen LogP) is 8.02. The smallest absolute Gasteiger partial charge is 0.145 e. The Morgan fingerprint density at radius 3 is 2.40 bits per heavy atom. The van der Waals surface area contributed by atoms with Crippen LogP contribution in [0, 0.1) is 17.7 Å². The number of halogens is 4. The van der Waals surface area contributed by atoms with Crippen molar-refractivity contribution in [2.75, 3.05) is 0 Å². The molecule has 2 bridgehead atoms. The molecule has 0 amide bonds. The lowest BCUT2D eigenvalue weighted by molar-refractivity contribution is -0.117. The van der Waals surface area contributed by atoms with Gasteiger partial charge in [0.2, 0.25) is 0 Å². The van der Waals surface area contributed by atoms with Crippen molar-refractivity contribution in [3.8, 4) is 11.3 Å². The molecule has 4 atom stereocenters. The van der Waals surface area contributed by atoms with Gasteiger partial charge in [-0.05, 0) is 74.6 Å². The summed E-state index contributed by atoms with van der Waals surface area (Å²) in [5.74, 6) is 0.736. The number of ether oxygens (including phenoxy) is 1. The Kier molecular flexibility index (Phi) is 6.25. The molecule has 1 aromatic heterocycles. The third-order valence-corrected chi connectivity index (χ3v) is 9.12. The molecule has 184 valence electrons. The molecule has 3 saturated carbocycles. The van der Waals surface area contributed by atoms with Gasteiger partial charge in [0.15, 0.2) is 0 Å². The van der Waals surface area contributed by atoms with E-state index in [1.807, 2.05) is 0 Å². The first-order valence-corrected chi connectivity index (χ1v) is 13.6. The fourth-order valence-electron chi connectivity index (χ4n) is 6.14. The van der Waals surface area contributed by atoms with Crippen LogP contribution in [0.4, 0.5) is 4.39 Å². The van der Waals surface area contributed by atoms with Crippen LogP contribution >= 0.6 is 39.1 Å². The minimum atomic E-state index is -1.16. The highest BCUT2D eigenvalue weighted by Crippen LogP contribution is 2.56. The van der Waals surface area contributed by atoms with Crippen molar-refractivity contribution in [2.45, 2.75) is 62.8 Å². The van der Waals surface area contributed by atoms with Crippen LogP contribution in [0.25, 0.3) is 11.3 Å². The summed E-state index contributed by atoms with van der Waals surface area (Å²) in [6.45, 7) is 0.335. The number of benzene rings is 2. The number of aromatic nitrogens is 1. The highest BCUT2D eigenvalue weighted by Gasteiger charge is 2.55. The Hall–Kier alpha value is -1.44. The summed E-state index contributed by atoms with van der Waals surface area (Å²) in [4.78, 5) is 0. The van der Waals surface area contributed by atoms with Gasteiger partial charge < -0.3 is 14.4 Å². The van der Waals surface area contributed by atoms with Crippen molar-refractivity contribution >= 4 is 39.1 Å². The van der Waals surface area contributed by atoms with Crippen molar-refractivity contribution in [3.63, 3.8) is 0 Å². The average molecular weight is 581 g/mol. The zero-order chi connectivity index (χ0) is 24.3. The predicted molar refractivity (Wildman–Crippen MR) is 136 cm³/mol. The number of aliphatic hydroxyl groups is 1. The van der Waals surface area contributed by atoms with Crippen LogP contribution < -0.4 is 0 Å². The second-order valence-electron chi connectivity index (χ2n) is 10.1. The van der Waals surface area contributed by atoms with Crippen molar-refractivity contribution < 1.29 is 18.8 Å². The minimum absolute atomic E-state index is 0.0391. The number of nitrogens with zero attached hydrogens (tertiary/aromatic N) is 1. The van der Waals surface area contributed by atoms with Crippen LogP contribution in [0.3, 0.4) is 0 Å². The van der Waals surface area contributed by atoms with E-state index in [1.54, 1.807) is 30.3 Å². The lowest BCUT2D eigenvalue weighted by Crippen LogP contribution is -2.45. The Morgan fingerprint density at radius 2 is 1.77 bits per heavy atom. The van der Waals surface area contributed by atoms with E-state index in [1.165, 1.54) is 6.07 Å². The Balaban J connectivity index is 1.24. The Bertz CT molecular complexity index is 1240. The van der Waals surface area contributed by atoms with Crippen LogP contribution in [-0.4, -0.2) is 16.4 Å². The van der Waals surface area contributed by atoms with Crippen molar-refractivity contribution in [2.24, 2.45) is 11.8 Å². The van der Waals surface area contributed by atoms with Crippen LogP contribution in [0.2, 0.25) is 10.0 Å². The summed E-state index contributed by atoms with van der Waals surface area (Å²) in [5, 5.41) is 17.1. The van der Waals surface area contributed by atoms with E-state index in [9.17, 15) is 9.50 Å². The van der Waals surface area contributed by atoms with E-state index < -0.39 is 5.60 Å². The van der Waals surface area contributed by atoms with Crippen molar-refractivity contribution in [1.29, 1.82) is 0 Å². The first-order chi connectivity index (χ1) is 16.9. The van der Waals surface area contributed by atoms with Gasteiger partial charge in [0.05, 0.1) is 28.4 Å². The van der Waals surface area contributed by atoms with Crippen molar-refractivity contribution in [1.82, 2.24) is 5.16 Å². The van der Waals surface area contributed by atoms with Crippen LogP contribution in [-0.2, 0) is 16.9 Å². The molecule has 0 radical (unpaired) electrons. The Morgan fingerprint density at radius 1 is 1.09 bits per heavy atom. The molecule has 0 unspecified atom stereocenters. The molecule has 4 nitrogen and oxygen atoms in total. The fourth-order valence-corrected chi connectivity index (χ4v) is 7.05. The van der Waals surface area contributed by atoms with E-state index >= 15 is 0 Å². The molecule has 0 aliphatic heterocycles. The molecular formula is C27H25BrCl2FNO3. The maximum atomic E-state index is 14.8. The third-order valence-electron chi connectivity index (χ3n) is 8.00. The normalized spacial score (nSPS) is 28.0. The van der Waals surface area contributed by atoms with E-state index in [4.69, 9.17) is 32.5 Å². The average Bonchev–Trinajstić information content (AvgIpc) is 3.56. The maximum absolute atomic E-state index is 14.8. The standard InChI is InChI=1S/C27H25BrCl2FNO3/c28-17-8-9-20(23(31)12-17)27(33)15-6-7-16(27)11-18(10-15)34-13-19-25(32-35-26(19)14-4-5-14)24-21(29)2-1-3-22(24)30/h1-3,8-9,12,14-16,18,33H,4-7,10-11,13H2/t15-,16+,18-,27+. The van der Waals surface area contributed by atoms with Gasteiger partial charge in [0.25, 0.3) is 0 Å². The highest BCUT2D eigenvalue weighted by atomic mass is 79.9. The van der Waals surface area contributed by atoms with E-state index in [2.05, 4.69) is 21.1 Å². The largest absolute Gasteiger partial charge is 0.384 e. The summed E-state index contributed by atoms with van der Waals surface area (Å²) in [6, 6.07) is 10.3. The number of hydrogen-bond acceptors (Lipinski definition) is 4. The highest BCUT2D eigenvalue weighted by molar-refractivity contribution is 9.10. The van der Waals surface area contributed by atoms with E-state index in [0.29, 0.717) is 56.7 Å². The summed E-state index contributed by atoms with van der Waals surface area (Å²) < 4.78 is 27.7. The molecular weight excluding hydrogens is 556 g/mol. The van der Waals surface area contributed by atoms with E-state index in [0.717, 1.165) is 37.0 Å². The molecule has 0 saturated heterocycles. The van der Waals surface area contributed by atoms with Gasteiger partial charge in [-0.15, -0.1) is 0 Å². The topological polar surface area (TPSA) is 55.5 Å². The van der Waals surface area contributed by atoms with Gasteiger partial charge in [-0.1, -0.05) is 56.4 Å². The lowest BCUT2D eigenvalue weighted by Gasteiger charge is -2.43. The van der Waals surface area contributed by atoms with Gasteiger partial charge in [-0.2, -0.15) is 0 Å². The molecule has 3 aliphatic rings. The zero-order valence-electron chi connectivity index (χ0n) is 18.9. The summed E-state index contributed by atoms with van der Waals surface area (Å²) in [5.41, 5.74) is 1.44. The molecule has 3 aliphatic carbocycles. The third kappa shape index (κ3) is 4.15. The molecule has 8 heteroatoms. The molecule has 35 heavy (non-hydrogen) atoms. The minimum Gasteiger partial charge on any atom is -0.384 e. The van der Waals surface area contributed by atoms with Gasteiger partial charge in [0, 0.05) is 27.1 Å². The quantitative estimate of drug-likeness (QED) is 0.321. The summed E-state index contributed by atoms with van der Waals surface area (Å²) >= 11 is 16.3. The van der Waals surface area contributed by atoms with Gasteiger partial charge >= 0.3 is 0 Å². The first kappa shape index (κ1) is 23.9. The molecule has 2 aromatic carbocycles. The summed E-state index contributed by atoms with van der Waals surface area (Å²) in [7, 11) is 0. The number of rotatable bonds is 6. The van der Waals surface area contributed by atoms with Gasteiger partial charge in [-0.25, -0.2) is 4.39 Å². The fraction of sp³-hybridized carbons (Fsp3) is 0.444. The van der Waals surface area contributed by atoms with Crippen LogP contribution in [0.5, 0.6) is 0 Å². The zero-order valence-corrected chi connectivity index (χ0v) is 22.0. The first-order valence-electron chi connectivity index (χ1n) is 12.1. The monoisotopic (exact) mass is 579 g/mol. The SMILES string of the molecule is O[C@@]1(c2ccc(Br)cc2F)[C@@H]2CC[C@H]1C[C@H](OCc1c(-c3c(Cl)cccc3Cl)noc1C1CC1)C2. The summed E-state index contributed by atoms with van der Waals surface area (Å²) in [6.07, 6.45) is 5.16.